The molecule has 1 amide bonds. The highest BCUT2D eigenvalue weighted by Crippen LogP contribution is 2.38. The second-order valence-corrected chi connectivity index (χ2v) is 7.05. The molecular weight excluding hydrogens is 296 g/mol. The molecule has 4 rings (SSSR count). The van der Waals surface area contributed by atoms with Gasteiger partial charge in [0.25, 0.3) is 0 Å². The van der Waals surface area contributed by atoms with Crippen molar-refractivity contribution in [3.63, 3.8) is 0 Å². The van der Waals surface area contributed by atoms with Crippen LogP contribution in [-0.4, -0.2) is 54.7 Å². The Morgan fingerprint density at radius 3 is 2.48 bits per heavy atom. The summed E-state index contributed by atoms with van der Waals surface area (Å²) in [6.45, 7) is 5.16. The summed E-state index contributed by atoms with van der Waals surface area (Å²) in [5, 5.41) is 9.05. The Morgan fingerprint density at radius 2 is 1.96 bits per heavy atom. The summed E-state index contributed by atoms with van der Waals surface area (Å²) < 4.78 is 5.28. The molecule has 1 aromatic carbocycles. The van der Waals surface area contributed by atoms with Crippen LogP contribution in [0, 0.1) is 11.3 Å². The SMILES string of the molecule is O=C(O)[C@H]1CC(=O)N(c2ccc(CN3CC4(COC4)C3)cc2)C1. The van der Waals surface area contributed by atoms with E-state index in [1.165, 1.54) is 5.56 Å². The topological polar surface area (TPSA) is 70.1 Å². The normalized spacial score (nSPS) is 26.2. The Bertz CT molecular complexity index is 630. The lowest BCUT2D eigenvalue weighted by molar-refractivity contribution is -0.191. The number of likely N-dealkylation sites (tertiary alicyclic amines) is 1. The van der Waals surface area contributed by atoms with E-state index in [-0.39, 0.29) is 18.9 Å². The average molecular weight is 316 g/mol. The van der Waals surface area contributed by atoms with Crippen molar-refractivity contribution in [3.05, 3.63) is 29.8 Å². The standard InChI is InChI=1S/C17H20N2O4/c20-15-5-13(16(21)22)7-19(15)14-3-1-12(2-4-14)6-18-8-17(9-18)10-23-11-17/h1-4,13H,5-11H2,(H,21,22)/t13-/m0/s1. The van der Waals surface area contributed by atoms with Gasteiger partial charge in [-0.05, 0) is 17.7 Å². The molecule has 23 heavy (non-hydrogen) atoms. The number of rotatable bonds is 4. The molecule has 3 saturated heterocycles. The van der Waals surface area contributed by atoms with Gasteiger partial charge in [-0.3, -0.25) is 14.5 Å². The molecule has 3 aliphatic heterocycles. The minimum Gasteiger partial charge on any atom is -0.481 e. The molecule has 6 heteroatoms. The molecule has 1 aromatic rings. The van der Waals surface area contributed by atoms with Crippen LogP contribution in [0.15, 0.2) is 24.3 Å². The molecule has 0 saturated carbocycles. The van der Waals surface area contributed by atoms with E-state index >= 15 is 0 Å². The number of hydrogen-bond donors (Lipinski definition) is 1. The van der Waals surface area contributed by atoms with Gasteiger partial charge < -0.3 is 14.7 Å². The Hall–Kier alpha value is -1.92. The molecule has 3 heterocycles. The molecule has 6 nitrogen and oxygen atoms in total. The summed E-state index contributed by atoms with van der Waals surface area (Å²) in [6.07, 6.45) is 0.0923. The van der Waals surface area contributed by atoms with Crippen LogP contribution in [-0.2, 0) is 20.9 Å². The van der Waals surface area contributed by atoms with E-state index in [4.69, 9.17) is 9.84 Å². The van der Waals surface area contributed by atoms with Gasteiger partial charge in [0.1, 0.15) is 0 Å². The van der Waals surface area contributed by atoms with Crippen molar-refractivity contribution in [2.75, 3.05) is 37.7 Å². The van der Waals surface area contributed by atoms with Gasteiger partial charge in [-0.1, -0.05) is 12.1 Å². The van der Waals surface area contributed by atoms with Crippen molar-refractivity contribution in [1.82, 2.24) is 4.90 Å². The first-order valence-corrected chi connectivity index (χ1v) is 7.97. The number of hydrogen-bond acceptors (Lipinski definition) is 4. The quantitative estimate of drug-likeness (QED) is 0.896. The van der Waals surface area contributed by atoms with E-state index in [1.54, 1.807) is 4.90 Å². The van der Waals surface area contributed by atoms with Crippen molar-refractivity contribution in [1.29, 1.82) is 0 Å². The summed E-state index contributed by atoms with van der Waals surface area (Å²) in [5.41, 5.74) is 2.42. The summed E-state index contributed by atoms with van der Waals surface area (Å²) >= 11 is 0. The zero-order valence-corrected chi connectivity index (χ0v) is 12.9. The van der Waals surface area contributed by atoms with Gasteiger partial charge in [0.15, 0.2) is 0 Å². The molecule has 1 atom stereocenters. The lowest BCUT2D eigenvalue weighted by Gasteiger charge is -2.55. The second-order valence-electron chi connectivity index (χ2n) is 7.05. The summed E-state index contributed by atoms with van der Waals surface area (Å²) in [6, 6.07) is 7.89. The fraction of sp³-hybridized carbons (Fsp3) is 0.529. The number of aliphatic carboxylic acids is 1. The van der Waals surface area contributed by atoms with E-state index in [1.807, 2.05) is 24.3 Å². The molecule has 3 fully saturated rings. The smallest absolute Gasteiger partial charge is 0.308 e. The van der Waals surface area contributed by atoms with Crippen LogP contribution >= 0.6 is 0 Å². The molecule has 0 unspecified atom stereocenters. The maximum Gasteiger partial charge on any atom is 0.308 e. The number of ether oxygens (including phenoxy) is 1. The van der Waals surface area contributed by atoms with E-state index < -0.39 is 11.9 Å². The molecule has 122 valence electrons. The third kappa shape index (κ3) is 2.62. The number of anilines is 1. The predicted molar refractivity (Wildman–Crippen MR) is 83.1 cm³/mol. The number of carboxylic acid groups (broad SMARTS) is 1. The number of nitrogens with zero attached hydrogens (tertiary/aromatic N) is 2. The lowest BCUT2D eigenvalue weighted by atomic mass is 9.78. The lowest BCUT2D eigenvalue weighted by Crippen LogP contribution is -2.65. The van der Waals surface area contributed by atoms with Gasteiger partial charge in [-0.25, -0.2) is 0 Å². The zero-order valence-electron chi connectivity index (χ0n) is 12.9. The first-order valence-electron chi connectivity index (χ1n) is 7.97. The number of benzene rings is 1. The zero-order chi connectivity index (χ0) is 16.0. The van der Waals surface area contributed by atoms with Crippen LogP contribution in [0.5, 0.6) is 0 Å². The van der Waals surface area contributed by atoms with Crippen LogP contribution in [0.1, 0.15) is 12.0 Å². The van der Waals surface area contributed by atoms with Crippen molar-refractivity contribution >= 4 is 17.6 Å². The van der Waals surface area contributed by atoms with Gasteiger partial charge in [0.2, 0.25) is 5.91 Å². The Kier molecular flexibility index (Phi) is 3.39. The predicted octanol–water partition coefficient (Wildman–Crippen LogP) is 0.956. The monoisotopic (exact) mass is 316 g/mol. The van der Waals surface area contributed by atoms with E-state index in [0.717, 1.165) is 38.5 Å². The number of carbonyl (C=O) groups excluding carboxylic acids is 1. The minimum absolute atomic E-state index is 0.0923. The third-order valence-corrected chi connectivity index (χ3v) is 5.06. The number of carbonyl (C=O) groups is 2. The van der Waals surface area contributed by atoms with Gasteiger partial charge in [0, 0.05) is 43.7 Å². The van der Waals surface area contributed by atoms with Gasteiger partial charge in [0.05, 0.1) is 19.1 Å². The molecule has 0 bridgehead atoms. The van der Waals surface area contributed by atoms with Crippen molar-refractivity contribution in [2.45, 2.75) is 13.0 Å². The molecule has 0 aromatic heterocycles. The van der Waals surface area contributed by atoms with Gasteiger partial charge in [-0.2, -0.15) is 0 Å². The second kappa shape index (κ2) is 5.32. The van der Waals surface area contributed by atoms with Crippen LogP contribution in [0.4, 0.5) is 5.69 Å². The van der Waals surface area contributed by atoms with Crippen molar-refractivity contribution < 1.29 is 19.4 Å². The largest absolute Gasteiger partial charge is 0.481 e. The van der Waals surface area contributed by atoms with Crippen LogP contribution in [0.25, 0.3) is 0 Å². The van der Waals surface area contributed by atoms with Gasteiger partial charge >= 0.3 is 5.97 Å². The fourth-order valence-corrected chi connectivity index (χ4v) is 3.75. The Morgan fingerprint density at radius 1 is 1.26 bits per heavy atom. The highest BCUT2D eigenvalue weighted by molar-refractivity contribution is 5.99. The van der Waals surface area contributed by atoms with E-state index in [0.29, 0.717) is 5.41 Å². The molecule has 1 spiro atoms. The molecule has 0 aliphatic carbocycles. The van der Waals surface area contributed by atoms with E-state index in [2.05, 4.69) is 4.90 Å². The van der Waals surface area contributed by atoms with E-state index in [9.17, 15) is 9.59 Å². The third-order valence-electron chi connectivity index (χ3n) is 5.06. The summed E-state index contributed by atoms with van der Waals surface area (Å²) in [7, 11) is 0. The maximum absolute atomic E-state index is 12.0. The Labute approximate surface area is 134 Å². The molecular formula is C17H20N2O4. The molecule has 3 aliphatic rings. The summed E-state index contributed by atoms with van der Waals surface area (Å²) in [5.74, 6) is -1.60. The van der Waals surface area contributed by atoms with Gasteiger partial charge in [-0.15, -0.1) is 0 Å². The van der Waals surface area contributed by atoms with Crippen LogP contribution < -0.4 is 4.90 Å². The number of carboxylic acids is 1. The summed E-state index contributed by atoms with van der Waals surface area (Å²) in [4.78, 5) is 27.0. The van der Waals surface area contributed by atoms with Crippen LogP contribution in [0.3, 0.4) is 0 Å². The molecule has 0 radical (unpaired) electrons. The fourth-order valence-electron chi connectivity index (χ4n) is 3.75. The maximum atomic E-state index is 12.0. The first-order chi connectivity index (χ1) is 11.0. The average Bonchev–Trinajstić information content (AvgIpc) is 2.83. The Balaban J connectivity index is 1.36. The molecule has 1 N–H and O–H groups in total. The number of amides is 1. The van der Waals surface area contributed by atoms with Crippen molar-refractivity contribution in [2.24, 2.45) is 11.3 Å². The van der Waals surface area contributed by atoms with Crippen molar-refractivity contribution in [3.8, 4) is 0 Å². The highest BCUT2D eigenvalue weighted by atomic mass is 16.5. The minimum atomic E-state index is -0.899. The van der Waals surface area contributed by atoms with Crippen LogP contribution in [0.2, 0.25) is 0 Å². The first kappa shape index (κ1) is 14.7. The highest BCUT2D eigenvalue weighted by Gasteiger charge is 2.48.